The number of amides is 1. The van der Waals surface area contributed by atoms with Gasteiger partial charge in [-0.15, -0.1) is 0 Å². The van der Waals surface area contributed by atoms with Gasteiger partial charge in [0.2, 0.25) is 0 Å². The van der Waals surface area contributed by atoms with Gasteiger partial charge in [-0.2, -0.15) is 0 Å². The molecule has 2 unspecified atom stereocenters. The lowest BCUT2D eigenvalue weighted by Crippen LogP contribution is -2.40. The van der Waals surface area contributed by atoms with E-state index in [-0.39, 0.29) is 17.9 Å². The van der Waals surface area contributed by atoms with Crippen molar-refractivity contribution >= 4 is 79.6 Å². The molecule has 2 atom stereocenters. The standard InChI is InChI=1S/C14H14I3NO3/c15-8-5-10(12(17)11(16)6-8)13(19)18-9-3-1-2-7(4-9)14(20)21/h5-7,9H,1-4H2,(H,18,19)(H,20,21). The first-order valence-electron chi connectivity index (χ1n) is 6.56. The van der Waals surface area contributed by atoms with E-state index in [0.29, 0.717) is 18.4 Å². The number of halogens is 3. The summed E-state index contributed by atoms with van der Waals surface area (Å²) in [7, 11) is 0. The summed E-state index contributed by atoms with van der Waals surface area (Å²) in [5.74, 6) is -1.20. The largest absolute Gasteiger partial charge is 0.481 e. The van der Waals surface area contributed by atoms with E-state index in [9.17, 15) is 9.59 Å². The molecular weight excluding hydrogens is 611 g/mol. The van der Waals surface area contributed by atoms with E-state index in [1.54, 1.807) is 0 Å². The van der Waals surface area contributed by atoms with Crippen molar-refractivity contribution in [1.29, 1.82) is 0 Å². The molecule has 1 saturated carbocycles. The van der Waals surface area contributed by atoms with Crippen molar-refractivity contribution in [2.75, 3.05) is 0 Å². The molecule has 4 nitrogen and oxygen atoms in total. The zero-order chi connectivity index (χ0) is 15.6. The van der Waals surface area contributed by atoms with Crippen molar-refractivity contribution in [2.45, 2.75) is 31.7 Å². The van der Waals surface area contributed by atoms with Crippen LogP contribution < -0.4 is 5.32 Å². The van der Waals surface area contributed by atoms with Crippen LogP contribution in [0.3, 0.4) is 0 Å². The van der Waals surface area contributed by atoms with Crippen LogP contribution in [0.25, 0.3) is 0 Å². The molecule has 7 heteroatoms. The van der Waals surface area contributed by atoms with Crippen LogP contribution in [0.15, 0.2) is 12.1 Å². The summed E-state index contributed by atoms with van der Waals surface area (Å²) in [6.07, 6.45) is 2.94. The second-order valence-corrected chi connectivity index (χ2v) is 8.61. The molecule has 0 saturated heterocycles. The first-order valence-corrected chi connectivity index (χ1v) is 9.80. The Morgan fingerprint density at radius 3 is 2.57 bits per heavy atom. The Balaban J connectivity index is 2.10. The van der Waals surface area contributed by atoms with E-state index in [0.717, 1.165) is 23.6 Å². The van der Waals surface area contributed by atoms with Crippen molar-refractivity contribution in [3.63, 3.8) is 0 Å². The third-order valence-corrected chi connectivity index (χ3v) is 7.26. The molecule has 114 valence electrons. The monoisotopic (exact) mass is 625 g/mol. The highest BCUT2D eigenvalue weighted by Crippen LogP contribution is 2.26. The van der Waals surface area contributed by atoms with Crippen LogP contribution in [0, 0.1) is 16.6 Å². The van der Waals surface area contributed by atoms with Crippen LogP contribution >= 0.6 is 67.8 Å². The van der Waals surface area contributed by atoms with Crippen molar-refractivity contribution in [2.24, 2.45) is 5.92 Å². The number of rotatable bonds is 3. The molecule has 21 heavy (non-hydrogen) atoms. The van der Waals surface area contributed by atoms with Gasteiger partial charge in [0.05, 0.1) is 11.5 Å². The number of benzene rings is 1. The van der Waals surface area contributed by atoms with Crippen LogP contribution in [-0.4, -0.2) is 23.0 Å². The molecule has 0 aromatic heterocycles. The van der Waals surface area contributed by atoms with Gasteiger partial charge < -0.3 is 10.4 Å². The highest BCUT2D eigenvalue weighted by molar-refractivity contribution is 14.1. The molecule has 0 spiro atoms. The van der Waals surface area contributed by atoms with E-state index in [1.807, 2.05) is 12.1 Å². The van der Waals surface area contributed by atoms with Crippen LogP contribution in [0.4, 0.5) is 0 Å². The molecule has 1 fully saturated rings. The Kier molecular flexibility index (Phi) is 6.53. The van der Waals surface area contributed by atoms with E-state index in [2.05, 4.69) is 73.1 Å². The molecule has 1 aliphatic carbocycles. The summed E-state index contributed by atoms with van der Waals surface area (Å²) in [6.45, 7) is 0. The van der Waals surface area contributed by atoms with Gasteiger partial charge in [-0.1, -0.05) is 6.42 Å². The van der Waals surface area contributed by atoms with Crippen LogP contribution in [0.1, 0.15) is 36.0 Å². The predicted octanol–water partition coefficient (Wildman–Crippen LogP) is 3.87. The Morgan fingerprint density at radius 1 is 1.19 bits per heavy atom. The van der Waals surface area contributed by atoms with Crippen LogP contribution in [-0.2, 0) is 4.79 Å². The van der Waals surface area contributed by atoms with Crippen LogP contribution in [0.2, 0.25) is 0 Å². The Hall–Kier alpha value is 0.350. The summed E-state index contributed by atoms with van der Waals surface area (Å²) in [6, 6.07) is 3.86. The lowest BCUT2D eigenvalue weighted by molar-refractivity contribution is -0.143. The quantitative estimate of drug-likeness (QED) is 0.397. The number of aliphatic carboxylic acids is 1. The number of hydrogen-bond donors (Lipinski definition) is 2. The van der Waals surface area contributed by atoms with Crippen molar-refractivity contribution in [3.05, 3.63) is 28.4 Å². The Labute approximate surface area is 164 Å². The predicted molar refractivity (Wildman–Crippen MR) is 105 cm³/mol. The molecule has 0 aliphatic heterocycles. The second-order valence-electron chi connectivity index (χ2n) is 5.12. The maximum absolute atomic E-state index is 12.4. The number of carbonyl (C=O) groups excluding carboxylic acids is 1. The SMILES string of the molecule is O=C(NC1CCCC(C(=O)O)C1)c1cc(I)cc(I)c1I. The molecule has 0 radical (unpaired) electrons. The molecule has 1 aliphatic rings. The van der Waals surface area contributed by atoms with Gasteiger partial charge in [0.1, 0.15) is 0 Å². The summed E-state index contributed by atoms with van der Waals surface area (Å²) in [5.41, 5.74) is 0.671. The lowest BCUT2D eigenvalue weighted by Gasteiger charge is -2.27. The minimum Gasteiger partial charge on any atom is -0.481 e. The zero-order valence-corrected chi connectivity index (χ0v) is 17.5. The second kappa shape index (κ2) is 7.75. The van der Waals surface area contributed by atoms with Crippen molar-refractivity contribution in [1.82, 2.24) is 5.32 Å². The van der Waals surface area contributed by atoms with E-state index in [1.165, 1.54) is 0 Å². The van der Waals surface area contributed by atoms with E-state index in [4.69, 9.17) is 5.11 Å². The lowest BCUT2D eigenvalue weighted by atomic mass is 9.85. The van der Waals surface area contributed by atoms with Gasteiger partial charge >= 0.3 is 5.97 Å². The number of hydrogen-bond acceptors (Lipinski definition) is 2. The number of carbonyl (C=O) groups is 2. The smallest absolute Gasteiger partial charge is 0.306 e. The van der Waals surface area contributed by atoms with Gasteiger partial charge in [0, 0.05) is 16.8 Å². The minimum atomic E-state index is -0.757. The highest BCUT2D eigenvalue weighted by Gasteiger charge is 2.28. The maximum Gasteiger partial charge on any atom is 0.306 e. The number of carboxylic acid groups (broad SMARTS) is 1. The van der Waals surface area contributed by atoms with Gasteiger partial charge in [0.25, 0.3) is 5.91 Å². The minimum absolute atomic E-state index is 0.0429. The topological polar surface area (TPSA) is 66.4 Å². The summed E-state index contributed by atoms with van der Waals surface area (Å²) >= 11 is 6.60. The zero-order valence-electron chi connectivity index (χ0n) is 11.0. The third-order valence-electron chi connectivity index (χ3n) is 3.60. The first-order chi connectivity index (χ1) is 9.88. The summed E-state index contributed by atoms with van der Waals surface area (Å²) in [4.78, 5) is 23.5. The fourth-order valence-corrected chi connectivity index (χ4v) is 4.93. The van der Waals surface area contributed by atoms with Gasteiger partial charge in [0.15, 0.2) is 0 Å². The van der Waals surface area contributed by atoms with Gasteiger partial charge in [-0.3, -0.25) is 9.59 Å². The normalized spacial score (nSPS) is 21.9. The molecular formula is C14H14I3NO3. The van der Waals surface area contributed by atoms with Crippen LogP contribution in [0.5, 0.6) is 0 Å². The summed E-state index contributed by atoms with van der Waals surface area (Å²) < 4.78 is 3.02. The summed E-state index contributed by atoms with van der Waals surface area (Å²) in [5, 5.41) is 12.1. The number of nitrogens with one attached hydrogen (secondary N) is 1. The number of carboxylic acids is 1. The third kappa shape index (κ3) is 4.66. The van der Waals surface area contributed by atoms with E-state index >= 15 is 0 Å². The van der Waals surface area contributed by atoms with Gasteiger partial charge in [-0.25, -0.2) is 0 Å². The van der Waals surface area contributed by atoms with E-state index < -0.39 is 5.97 Å². The Morgan fingerprint density at radius 2 is 1.90 bits per heavy atom. The van der Waals surface area contributed by atoms with Gasteiger partial charge in [-0.05, 0) is 99.2 Å². The fourth-order valence-electron chi connectivity index (χ4n) is 2.53. The average molecular weight is 625 g/mol. The van der Waals surface area contributed by atoms with Crippen molar-refractivity contribution in [3.8, 4) is 0 Å². The molecule has 0 bridgehead atoms. The first kappa shape index (κ1) is 17.7. The fraction of sp³-hybridized carbons (Fsp3) is 0.429. The molecule has 2 rings (SSSR count). The maximum atomic E-state index is 12.4. The average Bonchev–Trinajstić information content (AvgIpc) is 2.43. The molecule has 1 aromatic carbocycles. The Bertz CT molecular complexity index is 577. The highest BCUT2D eigenvalue weighted by atomic mass is 127. The molecule has 0 heterocycles. The molecule has 2 N–H and O–H groups in total. The molecule has 1 amide bonds. The molecule has 1 aromatic rings. The van der Waals surface area contributed by atoms with Crippen molar-refractivity contribution < 1.29 is 14.7 Å².